The molecule has 1 heterocycles. The lowest BCUT2D eigenvalue weighted by Crippen LogP contribution is -2.34. The van der Waals surface area contributed by atoms with Crippen LogP contribution in [0.5, 0.6) is 11.5 Å². The van der Waals surface area contributed by atoms with Gasteiger partial charge in [-0.25, -0.2) is 0 Å². The molecule has 3 rings (SSSR count). The molecular weight excluding hydrogens is 384 g/mol. The minimum atomic E-state index is -0.418. The number of rotatable bonds is 7. The van der Waals surface area contributed by atoms with Crippen LogP contribution in [0.4, 0.5) is 0 Å². The third kappa shape index (κ3) is 5.08. The van der Waals surface area contributed by atoms with Crippen molar-refractivity contribution < 1.29 is 19.7 Å². The average Bonchev–Trinajstić information content (AvgIpc) is 2.72. The van der Waals surface area contributed by atoms with Crippen LogP contribution < -0.4 is 9.47 Å². The van der Waals surface area contributed by atoms with Crippen molar-refractivity contribution in [2.45, 2.75) is 50.2 Å². The highest BCUT2D eigenvalue weighted by Crippen LogP contribution is 2.49. The molecule has 4 atom stereocenters. The van der Waals surface area contributed by atoms with Crippen molar-refractivity contribution in [3.63, 3.8) is 0 Å². The average molecular weight is 417 g/mol. The monoisotopic (exact) mass is 416 g/mol. The van der Waals surface area contributed by atoms with Gasteiger partial charge in [0, 0.05) is 16.1 Å². The zero-order valence-electron chi connectivity index (χ0n) is 17.7. The van der Waals surface area contributed by atoms with Crippen LogP contribution in [0.15, 0.2) is 36.4 Å². The second kappa shape index (κ2) is 9.88. The fourth-order valence-electron chi connectivity index (χ4n) is 3.97. The largest absolute Gasteiger partial charge is 0.496 e. The van der Waals surface area contributed by atoms with E-state index in [4.69, 9.17) is 9.47 Å². The van der Waals surface area contributed by atoms with Crippen molar-refractivity contribution in [1.29, 1.82) is 0 Å². The van der Waals surface area contributed by atoms with E-state index in [1.54, 1.807) is 18.9 Å². The molecule has 0 amide bonds. The van der Waals surface area contributed by atoms with Crippen molar-refractivity contribution in [3.8, 4) is 11.5 Å². The maximum atomic E-state index is 10.5. The smallest absolute Gasteiger partial charge is 0.123 e. The Morgan fingerprint density at radius 3 is 2.52 bits per heavy atom. The number of hydrogen-bond donors (Lipinski definition) is 2. The van der Waals surface area contributed by atoms with Crippen molar-refractivity contribution in [2.75, 3.05) is 20.3 Å². The van der Waals surface area contributed by atoms with Gasteiger partial charge in [0.25, 0.3) is 0 Å². The quantitative estimate of drug-likeness (QED) is 0.694. The molecule has 0 saturated carbocycles. The molecule has 5 heteroatoms. The first-order valence-electron chi connectivity index (χ1n) is 10.3. The van der Waals surface area contributed by atoms with E-state index in [0.717, 1.165) is 23.5 Å². The lowest BCUT2D eigenvalue weighted by Gasteiger charge is -2.38. The molecule has 158 valence electrons. The van der Waals surface area contributed by atoms with Crippen LogP contribution in [0.25, 0.3) is 0 Å². The topological polar surface area (TPSA) is 58.9 Å². The van der Waals surface area contributed by atoms with E-state index in [2.05, 4.69) is 38.1 Å². The van der Waals surface area contributed by atoms with Gasteiger partial charge in [-0.3, -0.25) is 0 Å². The highest BCUT2D eigenvalue weighted by molar-refractivity contribution is 8.00. The number of ether oxygens (including phenoxy) is 2. The molecule has 4 unspecified atom stereocenters. The summed E-state index contributed by atoms with van der Waals surface area (Å²) in [5, 5.41) is 20.3. The molecule has 0 aliphatic carbocycles. The molecule has 0 aromatic heterocycles. The maximum absolute atomic E-state index is 10.5. The zero-order valence-corrected chi connectivity index (χ0v) is 18.5. The normalized spacial score (nSPS) is 24.3. The predicted octanol–water partition coefficient (Wildman–Crippen LogP) is 4.53. The minimum Gasteiger partial charge on any atom is -0.496 e. The van der Waals surface area contributed by atoms with Crippen LogP contribution in [0.3, 0.4) is 0 Å². The van der Waals surface area contributed by atoms with Crippen LogP contribution in [0.1, 0.15) is 47.8 Å². The summed E-state index contributed by atoms with van der Waals surface area (Å²) in [6.45, 7) is 6.93. The highest BCUT2D eigenvalue weighted by atomic mass is 32.2. The molecule has 4 nitrogen and oxygen atoms in total. The van der Waals surface area contributed by atoms with E-state index in [-0.39, 0.29) is 23.0 Å². The van der Waals surface area contributed by atoms with E-state index in [9.17, 15) is 10.2 Å². The van der Waals surface area contributed by atoms with E-state index in [1.807, 2.05) is 19.1 Å². The molecule has 0 bridgehead atoms. The van der Waals surface area contributed by atoms with Gasteiger partial charge in [0.1, 0.15) is 11.5 Å². The SMILES string of the molecule is CCOc1ccc(Cc2cc(C3SC(CO)CC(O)C3C)c(OC)cc2C)cc1. The van der Waals surface area contributed by atoms with Gasteiger partial charge in [0.05, 0.1) is 26.4 Å². The number of aryl methyl sites for hydroxylation is 1. The first-order valence-corrected chi connectivity index (χ1v) is 11.2. The van der Waals surface area contributed by atoms with Gasteiger partial charge in [-0.05, 0) is 67.5 Å². The van der Waals surface area contributed by atoms with Crippen molar-refractivity contribution in [2.24, 2.45) is 5.92 Å². The molecule has 2 N–H and O–H groups in total. The predicted molar refractivity (Wildman–Crippen MR) is 119 cm³/mol. The molecule has 2 aromatic rings. The van der Waals surface area contributed by atoms with Gasteiger partial charge in [0.2, 0.25) is 0 Å². The molecule has 1 aliphatic rings. The first kappa shape index (κ1) is 22.0. The van der Waals surface area contributed by atoms with Gasteiger partial charge in [0.15, 0.2) is 0 Å². The number of benzene rings is 2. The lowest BCUT2D eigenvalue weighted by atomic mass is 9.88. The molecule has 1 saturated heterocycles. The van der Waals surface area contributed by atoms with Crippen molar-refractivity contribution in [3.05, 3.63) is 58.7 Å². The van der Waals surface area contributed by atoms with Crippen LogP contribution in [0.2, 0.25) is 0 Å². The van der Waals surface area contributed by atoms with E-state index < -0.39 is 6.10 Å². The third-order valence-corrected chi connectivity index (χ3v) is 7.46. The minimum absolute atomic E-state index is 0.0479. The molecule has 2 aromatic carbocycles. The van der Waals surface area contributed by atoms with Gasteiger partial charge in [-0.15, -0.1) is 11.8 Å². The van der Waals surface area contributed by atoms with Gasteiger partial charge in [-0.2, -0.15) is 0 Å². The fourth-order valence-corrected chi connectivity index (χ4v) is 5.54. The summed E-state index contributed by atoms with van der Waals surface area (Å²) in [6, 6.07) is 12.6. The Morgan fingerprint density at radius 2 is 1.90 bits per heavy atom. The van der Waals surface area contributed by atoms with Crippen LogP contribution >= 0.6 is 11.8 Å². The Balaban J connectivity index is 1.91. The highest BCUT2D eigenvalue weighted by Gasteiger charge is 2.37. The fraction of sp³-hybridized carbons (Fsp3) is 0.500. The summed E-state index contributed by atoms with van der Waals surface area (Å²) in [5.41, 5.74) is 4.77. The van der Waals surface area contributed by atoms with Crippen molar-refractivity contribution in [1.82, 2.24) is 0 Å². The number of methoxy groups -OCH3 is 1. The summed E-state index contributed by atoms with van der Waals surface area (Å²) >= 11 is 1.75. The summed E-state index contributed by atoms with van der Waals surface area (Å²) in [7, 11) is 1.70. The molecule has 29 heavy (non-hydrogen) atoms. The molecule has 0 radical (unpaired) electrons. The van der Waals surface area contributed by atoms with E-state index in [1.165, 1.54) is 16.7 Å². The van der Waals surface area contributed by atoms with Crippen LogP contribution in [0, 0.1) is 12.8 Å². The molecule has 0 spiro atoms. The Hall–Kier alpha value is -1.69. The van der Waals surface area contributed by atoms with Gasteiger partial charge >= 0.3 is 0 Å². The Kier molecular flexibility index (Phi) is 7.49. The Bertz CT molecular complexity index is 805. The number of thioether (sulfide) groups is 1. The third-order valence-electron chi connectivity index (χ3n) is 5.76. The second-order valence-electron chi connectivity index (χ2n) is 7.80. The van der Waals surface area contributed by atoms with Crippen molar-refractivity contribution >= 4 is 11.8 Å². The Labute approximate surface area is 178 Å². The number of hydrogen-bond acceptors (Lipinski definition) is 5. The van der Waals surface area contributed by atoms with Crippen LogP contribution in [-0.2, 0) is 6.42 Å². The Morgan fingerprint density at radius 1 is 1.17 bits per heavy atom. The zero-order chi connectivity index (χ0) is 21.0. The molecule has 1 aliphatic heterocycles. The summed E-state index contributed by atoms with van der Waals surface area (Å²) in [4.78, 5) is 0. The summed E-state index contributed by atoms with van der Waals surface area (Å²) in [5.74, 6) is 1.84. The maximum Gasteiger partial charge on any atom is 0.123 e. The molecular formula is C24H32O4S. The van der Waals surface area contributed by atoms with Crippen LogP contribution in [-0.4, -0.2) is 41.9 Å². The van der Waals surface area contributed by atoms with E-state index >= 15 is 0 Å². The summed E-state index contributed by atoms with van der Waals surface area (Å²) < 4.78 is 11.2. The lowest BCUT2D eigenvalue weighted by molar-refractivity contribution is 0.0916. The van der Waals surface area contributed by atoms with Gasteiger partial charge in [-0.1, -0.05) is 25.1 Å². The number of aliphatic hydroxyl groups excluding tert-OH is 2. The summed E-state index contributed by atoms with van der Waals surface area (Å²) in [6.07, 6.45) is 1.04. The first-order chi connectivity index (χ1) is 14.0. The second-order valence-corrected chi connectivity index (χ2v) is 9.24. The van der Waals surface area contributed by atoms with Gasteiger partial charge < -0.3 is 19.7 Å². The molecule has 1 fully saturated rings. The standard InChI is InChI=1S/C24H32O4S/c1-5-28-19-8-6-17(7-9-19)11-18-12-21(23(27-4)10-15(18)2)24-16(3)22(26)13-20(14-25)29-24/h6-10,12,16,20,22,24-26H,5,11,13-14H2,1-4H3. The van der Waals surface area contributed by atoms with E-state index in [0.29, 0.717) is 13.0 Å². The number of aliphatic hydroxyl groups is 2.